The van der Waals surface area contributed by atoms with Crippen molar-refractivity contribution in [1.29, 1.82) is 0 Å². The molecule has 82 heavy (non-hydrogen) atoms. The highest BCUT2D eigenvalue weighted by Crippen LogP contribution is 2.14. The average Bonchev–Trinajstić information content (AvgIpc) is 3.47. The maximum Gasteiger partial charge on any atom is 0.306 e. The zero-order valence-corrected chi connectivity index (χ0v) is 52.4. The highest BCUT2D eigenvalue weighted by Gasteiger charge is 2.19. The maximum atomic E-state index is 12.9. The Balaban J connectivity index is 4.50. The third-order valence-electron chi connectivity index (χ3n) is 13.2. The molecule has 0 N–H and O–H groups in total. The van der Waals surface area contributed by atoms with Crippen molar-refractivity contribution < 1.29 is 28.6 Å². The molecule has 458 valence electrons. The summed E-state index contributed by atoms with van der Waals surface area (Å²) in [5.74, 6) is -1.01. The summed E-state index contributed by atoms with van der Waals surface area (Å²) in [4.78, 5) is 38.3. The summed E-state index contributed by atoms with van der Waals surface area (Å²) in [6.45, 7) is 6.33. The first kappa shape index (κ1) is 76.5. The average molecular weight is 1130 g/mol. The Kier molecular flexibility index (Phi) is 63.5. The van der Waals surface area contributed by atoms with Gasteiger partial charge in [0.2, 0.25) is 0 Å². The van der Waals surface area contributed by atoms with Crippen LogP contribution in [-0.2, 0) is 28.6 Å². The first-order valence-corrected chi connectivity index (χ1v) is 32.8. The molecule has 0 spiro atoms. The topological polar surface area (TPSA) is 78.9 Å². The van der Waals surface area contributed by atoms with Crippen LogP contribution in [0, 0.1) is 0 Å². The van der Waals surface area contributed by atoms with Gasteiger partial charge in [-0.25, -0.2) is 0 Å². The van der Waals surface area contributed by atoms with E-state index in [0.717, 1.165) is 154 Å². The second-order valence-electron chi connectivity index (χ2n) is 20.9. The fourth-order valence-corrected chi connectivity index (χ4v) is 8.33. The largest absolute Gasteiger partial charge is 0.462 e. The maximum absolute atomic E-state index is 12.9. The van der Waals surface area contributed by atoms with Gasteiger partial charge in [0, 0.05) is 19.3 Å². The van der Waals surface area contributed by atoms with E-state index in [1.54, 1.807) is 0 Å². The van der Waals surface area contributed by atoms with E-state index < -0.39 is 6.10 Å². The molecule has 1 unspecified atom stereocenters. The van der Waals surface area contributed by atoms with E-state index in [4.69, 9.17) is 14.2 Å². The second-order valence-corrected chi connectivity index (χ2v) is 20.9. The lowest BCUT2D eigenvalue weighted by Crippen LogP contribution is -2.30. The molecule has 0 rings (SSSR count). The fraction of sp³-hybridized carbons (Fsp3) is 0.566. The number of carbonyl (C=O) groups is 3. The summed E-state index contributed by atoms with van der Waals surface area (Å²) in [6, 6.07) is 0. The van der Waals surface area contributed by atoms with Crippen molar-refractivity contribution in [3.63, 3.8) is 0 Å². The smallest absolute Gasteiger partial charge is 0.306 e. The number of carbonyl (C=O) groups excluding carboxylic acids is 3. The molecule has 0 aromatic rings. The second kappa shape index (κ2) is 68.0. The molecule has 0 fully saturated rings. The standard InChI is InChI=1S/C76H118O6/c1-4-7-10-13-16-19-22-25-27-29-31-33-35-36-37-38-39-40-42-43-45-47-49-51-54-57-60-63-66-69-75(78)81-72-73(71-80-74(77)68-65-62-59-56-53-24-21-18-15-12-9-6-3)82-76(79)70-67-64-61-58-55-52-50-48-46-44-41-34-32-30-28-26-23-20-17-14-11-8-5-2/h7-8,10-11,16-17,19-20,25-28,31-34,36-37,39-40,43-46,49-52,57,60,73H,4-6,9,12-15,18,21-24,29-30,35,38,41-42,47-48,53-56,58-59,61-72H2,1-3H3/b10-7-,11-8-,19-16-,20-17-,27-25-,28-26-,33-31-,34-32-,37-36-,40-39-,45-43-,46-44-,51-49-,52-50-,60-57-. The number of allylic oxidation sites excluding steroid dienone is 30. The summed E-state index contributed by atoms with van der Waals surface area (Å²) < 4.78 is 16.8. The first-order valence-electron chi connectivity index (χ1n) is 32.8. The van der Waals surface area contributed by atoms with E-state index >= 15 is 0 Å². The highest BCUT2D eigenvalue weighted by molar-refractivity contribution is 5.71. The molecule has 1 atom stereocenters. The van der Waals surface area contributed by atoms with Gasteiger partial charge in [0.25, 0.3) is 0 Å². The number of unbranched alkanes of at least 4 members (excludes halogenated alkanes) is 16. The van der Waals surface area contributed by atoms with Gasteiger partial charge in [0.1, 0.15) is 13.2 Å². The Labute approximate surface area is 504 Å². The molecule has 6 heteroatoms. The molecule has 0 aliphatic rings. The Morgan fingerprint density at radius 1 is 0.256 bits per heavy atom. The first-order chi connectivity index (χ1) is 40.5. The van der Waals surface area contributed by atoms with Crippen LogP contribution in [0.2, 0.25) is 0 Å². The van der Waals surface area contributed by atoms with Gasteiger partial charge in [-0.1, -0.05) is 287 Å². The molecule has 0 radical (unpaired) electrons. The zero-order valence-electron chi connectivity index (χ0n) is 52.4. The molecular weight excluding hydrogens is 1010 g/mol. The van der Waals surface area contributed by atoms with Crippen molar-refractivity contribution in [2.75, 3.05) is 13.2 Å². The molecule has 0 aromatic carbocycles. The number of rotatable bonds is 57. The highest BCUT2D eigenvalue weighted by atomic mass is 16.6. The molecule has 0 amide bonds. The zero-order chi connectivity index (χ0) is 59.2. The number of ether oxygens (including phenoxy) is 3. The lowest BCUT2D eigenvalue weighted by molar-refractivity contribution is -0.167. The van der Waals surface area contributed by atoms with Crippen LogP contribution in [-0.4, -0.2) is 37.2 Å². The number of esters is 3. The normalized spacial score (nSPS) is 13.4. The quantitative estimate of drug-likeness (QED) is 0.0261. The Morgan fingerprint density at radius 3 is 0.793 bits per heavy atom. The van der Waals surface area contributed by atoms with Crippen LogP contribution in [0.25, 0.3) is 0 Å². The molecule has 0 heterocycles. The van der Waals surface area contributed by atoms with Crippen LogP contribution in [0.15, 0.2) is 182 Å². The lowest BCUT2D eigenvalue weighted by Gasteiger charge is -2.18. The SMILES string of the molecule is CC/C=C\C/C=C\C/C=C\C/C=C\C/C=C\C/C=C\C/C=C\C/C=C\C/C=C\CCCC(=O)OCC(COC(=O)CCCCCCCCCCCCCC)OC(=O)CCCCCC/C=C\C/C=C\C/C=C\C/C=C\C/C=C\C/C=C\CC. The molecule has 0 aliphatic heterocycles. The lowest BCUT2D eigenvalue weighted by atomic mass is 10.0. The van der Waals surface area contributed by atoms with Gasteiger partial charge in [0.15, 0.2) is 6.10 Å². The minimum atomic E-state index is -0.825. The summed E-state index contributed by atoms with van der Waals surface area (Å²) in [5.41, 5.74) is 0. The number of hydrogen-bond donors (Lipinski definition) is 0. The predicted molar refractivity (Wildman–Crippen MR) is 357 cm³/mol. The molecule has 0 saturated carbocycles. The van der Waals surface area contributed by atoms with Gasteiger partial charge >= 0.3 is 17.9 Å². The third-order valence-corrected chi connectivity index (χ3v) is 13.2. The van der Waals surface area contributed by atoms with E-state index in [9.17, 15) is 14.4 Å². The predicted octanol–water partition coefficient (Wildman–Crippen LogP) is 22.8. The van der Waals surface area contributed by atoms with Gasteiger partial charge < -0.3 is 14.2 Å². The van der Waals surface area contributed by atoms with Crippen molar-refractivity contribution in [2.24, 2.45) is 0 Å². The summed E-state index contributed by atoms with van der Waals surface area (Å²) >= 11 is 0. The molecule has 0 saturated heterocycles. The third kappa shape index (κ3) is 65.3. The van der Waals surface area contributed by atoms with E-state index in [-0.39, 0.29) is 44.0 Å². The molecule has 0 aromatic heterocycles. The molecule has 6 nitrogen and oxygen atoms in total. The van der Waals surface area contributed by atoms with Crippen LogP contribution in [0.4, 0.5) is 0 Å². The van der Waals surface area contributed by atoms with Crippen molar-refractivity contribution >= 4 is 17.9 Å². The number of hydrogen-bond acceptors (Lipinski definition) is 6. The molecular formula is C76H118O6. The Hall–Kier alpha value is -5.49. The van der Waals surface area contributed by atoms with Crippen molar-refractivity contribution in [3.05, 3.63) is 182 Å². The van der Waals surface area contributed by atoms with Gasteiger partial charge in [-0.05, 0) is 135 Å². The summed E-state index contributed by atoms with van der Waals surface area (Å²) in [5, 5.41) is 0. The van der Waals surface area contributed by atoms with Gasteiger partial charge in [-0.15, -0.1) is 0 Å². The van der Waals surface area contributed by atoms with Crippen LogP contribution < -0.4 is 0 Å². The monoisotopic (exact) mass is 1130 g/mol. The molecule has 0 aliphatic carbocycles. The van der Waals surface area contributed by atoms with Crippen molar-refractivity contribution in [2.45, 2.75) is 264 Å². The van der Waals surface area contributed by atoms with E-state index in [2.05, 4.69) is 203 Å². The van der Waals surface area contributed by atoms with Gasteiger partial charge in [-0.3, -0.25) is 14.4 Å². The van der Waals surface area contributed by atoms with Crippen LogP contribution in [0.1, 0.15) is 258 Å². The minimum absolute atomic E-state index is 0.114. The van der Waals surface area contributed by atoms with Crippen LogP contribution in [0.5, 0.6) is 0 Å². The van der Waals surface area contributed by atoms with E-state index in [1.165, 1.54) is 57.8 Å². The van der Waals surface area contributed by atoms with E-state index in [1.807, 2.05) is 0 Å². The Morgan fingerprint density at radius 2 is 0.488 bits per heavy atom. The van der Waals surface area contributed by atoms with Crippen LogP contribution >= 0.6 is 0 Å². The van der Waals surface area contributed by atoms with Crippen LogP contribution in [0.3, 0.4) is 0 Å². The molecule has 0 bridgehead atoms. The fourth-order valence-electron chi connectivity index (χ4n) is 8.33. The summed E-state index contributed by atoms with van der Waals surface area (Å²) in [6.07, 6.45) is 102. The summed E-state index contributed by atoms with van der Waals surface area (Å²) in [7, 11) is 0. The van der Waals surface area contributed by atoms with Gasteiger partial charge in [0.05, 0.1) is 0 Å². The minimum Gasteiger partial charge on any atom is -0.462 e. The van der Waals surface area contributed by atoms with Crippen molar-refractivity contribution in [1.82, 2.24) is 0 Å². The van der Waals surface area contributed by atoms with Crippen molar-refractivity contribution in [3.8, 4) is 0 Å². The van der Waals surface area contributed by atoms with E-state index in [0.29, 0.717) is 12.8 Å². The van der Waals surface area contributed by atoms with Gasteiger partial charge in [-0.2, -0.15) is 0 Å². The Bertz CT molecular complexity index is 1920.